The number of carbonyl (C=O) groups is 2. The van der Waals surface area contributed by atoms with E-state index >= 15 is 0 Å². The summed E-state index contributed by atoms with van der Waals surface area (Å²) in [6.07, 6.45) is 0.787. The van der Waals surface area contributed by atoms with E-state index in [0.29, 0.717) is 30.3 Å². The van der Waals surface area contributed by atoms with E-state index in [1.54, 1.807) is 18.2 Å². The van der Waals surface area contributed by atoms with Gasteiger partial charge in [0, 0.05) is 12.0 Å². The molecule has 1 amide bonds. The summed E-state index contributed by atoms with van der Waals surface area (Å²) < 4.78 is 10.9. The lowest BCUT2D eigenvalue weighted by molar-refractivity contribution is -0.135. The highest BCUT2D eigenvalue weighted by molar-refractivity contribution is 5.96. The third-order valence-corrected chi connectivity index (χ3v) is 2.41. The van der Waals surface area contributed by atoms with Crippen molar-refractivity contribution in [2.24, 2.45) is 0 Å². The number of rotatable bonds is 3. The summed E-state index contributed by atoms with van der Waals surface area (Å²) in [4.78, 5) is 22.0. The first kappa shape index (κ1) is 12.2. The van der Waals surface area contributed by atoms with Crippen molar-refractivity contribution in [2.45, 2.75) is 6.42 Å². The quantitative estimate of drug-likeness (QED) is 0.824. The Labute approximate surface area is 104 Å². The Morgan fingerprint density at radius 3 is 2.67 bits per heavy atom. The summed E-state index contributed by atoms with van der Waals surface area (Å²) >= 11 is 0. The van der Waals surface area contributed by atoms with E-state index in [4.69, 9.17) is 14.6 Å². The van der Waals surface area contributed by atoms with Crippen LogP contribution < -0.4 is 14.8 Å². The lowest BCUT2D eigenvalue weighted by atomic mass is 10.2. The summed E-state index contributed by atoms with van der Waals surface area (Å²) in [5, 5.41) is 10.8. The van der Waals surface area contributed by atoms with Crippen molar-refractivity contribution in [2.75, 3.05) is 19.8 Å². The summed E-state index contributed by atoms with van der Waals surface area (Å²) in [5.41, 5.74) is 0.348. The maximum Gasteiger partial charge on any atom is 0.322 e. The van der Waals surface area contributed by atoms with Crippen LogP contribution in [-0.4, -0.2) is 36.7 Å². The minimum absolute atomic E-state index is 0.348. The van der Waals surface area contributed by atoms with Crippen LogP contribution in [0.1, 0.15) is 16.8 Å². The Morgan fingerprint density at radius 1 is 1.22 bits per heavy atom. The lowest BCUT2D eigenvalue weighted by Crippen LogP contribution is -2.29. The van der Waals surface area contributed by atoms with Gasteiger partial charge in [0.2, 0.25) is 0 Å². The predicted molar refractivity (Wildman–Crippen MR) is 62.0 cm³/mol. The molecular weight excluding hydrogens is 238 g/mol. The van der Waals surface area contributed by atoms with Gasteiger partial charge in [-0.2, -0.15) is 0 Å². The highest BCUT2D eigenvalue weighted by Crippen LogP contribution is 2.30. The number of ether oxygens (including phenoxy) is 2. The van der Waals surface area contributed by atoms with Gasteiger partial charge in [0.25, 0.3) is 5.91 Å². The number of amides is 1. The summed E-state index contributed by atoms with van der Waals surface area (Å²) in [6.45, 7) is 0.706. The molecule has 18 heavy (non-hydrogen) atoms. The van der Waals surface area contributed by atoms with Gasteiger partial charge in [0.15, 0.2) is 11.5 Å². The first-order valence-corrected chi connectivity index (χ1v) is 5.56. The Hall–Kier alpha value is -2.24. The molecule has 0 saturated heterocycles. The average Bonchev–Trinajstić information content (AvgIpc) is 2.60. The van der Waals surface area contributed by atoms with Gasteiger partial charge in [0.05, 0.1) is 13.2 Å². The summed E-state index contributed by atoms with van der Waals surface area (Å²) in [5.74, 6) is -0.427. The zero-order valence-corrected chi connectivity index (χ0v) is 9.64. The number of aliphatic carboxylic acids is 1. The normalized spacial score (nSPS) is 13.6. The van der Waals surface area contributed by atoms with Gasteiger partial charge >= 0.3 is 5.97 Å². The van der Waals surface area contributed by atoms with Crippen LogP contribution in [0.15, 0.2) is 18.2 Å². The van der Waals surface area contributed by atoms with Crippen molar-refractivity contribution in [3.63, 3.8) is 0 Å². The number of carboxylic acids is 1. The van der Waals surface area contributed by atoms with Gasteiger partial charge in [-0.05, 0) is 18.2 Å². The topological polar surface area (TPSA) is 84.9 Å². The van der Waals surface area contributed by atoms with Crippen molar-refractivity contribution < 1.29 is 24.2 Å². The first-order chi connectivity index (χ1) is 8.66. The largest absolute Gasteiger partial charge is 0.490 e. The molecule has 96 valence electrons. The molecule has 0 aromatic heterocycles. The molecule has 0 unspecified atom stereocenters. The minimum atomic E-state index is -1.09. The minimum Gasteiger partial charge on any atom is -0.490 e. The number of hydrogen-bond donors (Lipinski definition) is 2. The second kappa shape index (κ2) is 5.39. The molecule has 0 spiro atoms. The molecule has 0 atom stereocenters. The zero-order chi connectivity index (χ0) is 13.0. The molecule has 1 aliphatic heterocycles. The Morgan fingerprint density at radius 2 is 1.94 bits per heavy atom. The molecule has 6 heteroatoms. The molecule has 1 aromatic carbocycles. The van der Waals surface area contributed by atoms with Gasteiger partial charge in [-0.1, -0.05) is 0 Å². The van der Waals surface area contributed by atoms with Crippen LogP contribution in [-0.2, 0) is 4.79 Å². The smallest absolute Gasteiger partial charge is 0.322 e. The fraction of sp³-hybridized carbons (Fsp3) is 0.333. The van der Waals surface area contributed by atoms with Crippen LogP contribution in [0.4, 0.5) is 0 Å². The molecule has 6 nitrogen and oxygen atoms in total. The highest BCUT2D eigenvalue weighted by atomic mass is 16.5. The van der Waals surface area contributed by atoms with Crippen LogP contribution >= 0.6 is 0 Å². The third-order valence-electron chi connectivity index (χ3n) is 2.41. The average molecular weight is 251 g/mol. The van der Waals surface area contributed by atoms with Gasteiger partial charge in [0.1, 0.15) is 6.54 Å². The number of carboxylic acid groups (broad SMARTS) is 1. The number of nitrogens with one attached hydrogen (secondary N) is 1. The van der Waals surface area contributed by atoms with Crippen LogP contribution in [0, 0.1) is 0 Å². The van der Waals surface area contributed by atoms with Crippen molar-refractivity contribution in [3.8, 4) is 11.5 Å². The van der Waals surface area contributed by atoms with E-state index in [2.05, 4.69) is 5.32 Å². The fourth-order valence-corrected chi connectivity index (χ4v) is 1.56. The molecular formula is C12H13NO5. The molecule has 0 aliphatic carbocycles. The second-order valence-corrected chi connectivity index (χ2v) is 3.79. The van der Waals surface area contributed by atoms with Crippen LogP contribution in [0.3, 0.4) is 0 Å². The molecule has 0 bridgehead atoms. The molecule has 2 rings (SSSR count). The molecule has 0 fully saturated rings. The monoisotopic (exact) mass is 251 g/mol. The summed E-state index contributed by atoms with van der Waals surface area (Å²) in [7, 11) is 0. The maximum atomic E-state index is 11.7. The number of benzene rings is 1. The van der Waals surface area contributed by atoms with Crippen molar-refractivity contribution in [3.05, 3.63) is 23.8 Å². The number of carbonyl (C=O) groups excluding carboxylic acids is 1. The molecule has 1 aliphatic rings. The van der Waals surface area contributed by atoms with E-state index in [-0.39, 0.29) is 0 Å². The standard InChI is InChI=1S/C12H13NO5/c14-11(15)7-13-12(16)8-2-3-9-10(6-8)18-5-1-4-17-9/h2-3,6H,1,4-5,7H2,(H,13,16)(H,14,15). The Bertz CT molecular complexity index is 472. The SMILES string of the molecule is O=C(O)CNC(=O)c1ccc2c(c1)OCCCO2. The molecule has 2 N–H and O–H groups in total. The maximum absolute atomic E-state index is 11.7. The zero-order valence-electron chi connectivity index (χ0n) is 9.64. The lowest BCUT2D eigenvalue weighted by Gasteiger charge is -2.09. The molecule has 1 heterocycles. The van der Waals surface area contributed by atoms with E-state index in [1.165, 1.54) is 0 Å². The van der Waals surface area contributed by atoms with Crippen molar-refractivity contribution in [1.82, 2.24) is 5.32 Å². The highest BCUT2D eigenvalue weighted by Gasteiger charge is 2.14. The van der Waals surface area contributed by atoms with E-state index in [1.807, 2.05) is 0 Å². The summed E-state index contributed by atoms with van der Waals surface area (Å²) in [6, 6.07) is 4.78. The van der Waals surface area contributed by atoms with Crippen molar-refractivity contribution >= 4 is 11.9 Å². The van der Waals surface area contributed by atoms with Crippen LogP contribution in [0.25, 0.3) is 0 Å². The van der Waals surface area contributed by atoms with E-state index in [9.17, 15) is 9.59 Å². The molecule has 0 radical (unpaired) electrons. The third kappa shape index (κ3) is 2.91. The van der Waals surface area contributed by atoms with Crippen LogP contribution in [0.5, 0.6) is 11.5 Å². The van der Waals surface area contributed by atoms with Gasteiger partial charge in [-0.25, -0.2) is 0 Å². The fourth-order valence-electron chi connectivity index (χ4n) is 1.56. The number of fused-ring (bicyclic) bond motifs is 1. The number of hydrogen-bond acceptors (Lipinski definition) is 4. The van der Waals surface area contributed by atoms with Gasteiger partial charge in [-0.3, -0.25) is 9.59 Å². The molecule has 1 aromatic rings. The van der Waals surface area contributed by atoms with Crippen molar-refractivity contribution in [1.29, 1.82) is 0 Å². The Balaban J connectivity index is 2.12. The van der Waals surface area contributed by atoms with Gasteiger partial charge < -0.3 is 19.9 Å². The second-order valence-electron chi connectivity index (χ2n) is 3.79. The van der Waals surface area contributed by atoms with E-state index < -0.39 is 18.4 Å². The van der Waals surface area contributed by atoms with E-state index in [0.717, 1.165) is 6.42 Å². The Kier molecular flexibility index (Phi) is 3.66. The van der Waals surface area contributed by atoms with Gasteiger partial charge in [-0.15, -0.1) is 0 Å². The molecule has 0 saturated carbocycles. The van der Waals surface area contributed by atoms with Crippen LogP contribution in [0.2, 0.25) is 0 Å². The first-order valence-electron chi connectivity index (χ1n) is 5.56. The predicted octanol–water partition coefficient (Wildman–Crippen LogP) is 0.662.